The molecule has 4 aromatic rings. The van der Waals surface area contributed by atoms with E-state index in [4.69, 9.17) is 14.8 Å². The number of hydrogen-bond donors (Lipinski definition) is 2. The van der Waals surface area contributed by atoms with E-state index in [9.17, 15) is 10.1 Å². The molecule has 184 valence electrons. The Morgan fingerprint density at radius 1 is 1.19 bits per heavy atom. The van der Waals surface area contributed by atoms with Crippen LogP contribution in [0.15, 0.2) is 47.4 Å². The summed E-state index contributed by atoms with van der Waals surface area (Å²) in [7, 11) is 0. The van der Waals surface area contributed by atoms with E-state index in [-0.39, 0.29) is 23.6 Å². The van der Waals surface area contributed by atoms with Crippen LogP contribution in [0.4, 0.5) is 17.3 Å². The molecule has 1 aliphatic carbocycles. The summed E-state index contributed by atoms with van der Waals surface area (Å²) in [6.45, 7) is 4.40. The summed E-state index contributed by atoms with van der Waals surface area (Å²) in [6, 6.07) is 14.7. The lowest BCUT2D eigenvalue weighted by Crippen LogP contribution is -2.44. The van der Waals surface area contributed by atoms with Gasteiger partial charge in [0.2, 0.25) is 0 Å². The third-order valence-corrected chi connectivity index (χ3v) is 7.44. The van der Waals surface area contributed by atoms with Crippen molar-refractivity contribution in [2.24, 2.45) is 5.92 Å². The molecule has 9 nitrogen and oxygen atoms in total. The van der Waals surface area contributed by atoms with Gasteiger partial charge in [0.1, 0.15) is 11.2 Å². The summed E-state index contributed by atoms with van der Waals surface area (Å²) in [5.41, 5.74) is 2.29. The number of ether oxygens (including phenoxy) is 1. The topological polar surface area (TPSA) is 112 Å². The van der Waals surface area contributed by atoms with Crippen LogP contribution in [0.3, 0.4) is 0 Å². The van der Waals surface area contributed by atoms with Gasteiger partial charge in [0.25, 0.3) is 5.56 Å². The van der Waals surface area contributed by atoms with Crippen molar-refractivity contribution in [3.63, 3.8) is 0 Å². The Hall–Kier alpha value is -3.90. The van der Waals surface area contributed by atoms with Gasteiger partial charge < -0.3 is 19.9 Å². The number of H-pyrrole nitrogens is 1. The average Bonchev–Trinajstić information content (AvgIpc) is 3.28. The summed E-state index contributed by atoms with van der Waals surface area (Å²) in [5, 5.41) is 19.4. The molecule has 36 heavy (non-hydrogen) atoms. The van der Waals surface area contributed by atoms with E-state index in [1.165, 1.54) is 0 Å². The van der Waals surface area contributed by atoms with Crippen LogP contribution in [0.25, 0.3) is 21.8 Å². The predicted octanol–water partition coefficient (Wildman–Crippen LogP) is 4.50. The Morgan fingerprint density at radius 3 is 2.94 bits per heavy atom. The Balaban J connectivity index is 1.34. The SMILES string of the molecule is C[C@@H]1COCCN1c1ccc2cc(Nc3nn([C@H]4CCCC[C@@H]4C#N)c4cc[nH]c(=O)c34)ccc2n1. The molecule has 2 fully saturated rings. The number of nitriles is 1. The molecule has 4 heterocycles. The lowest BCUT2D eigenvalue weighted by Gasteiger charge is -2.34. The first-order valence-corrected chi connectivity index (χ1v) is 12.6. The highest BCUT2D eigenvalue weighted by Gasteiger charge is 2.30. The van der Waals surface area contributed by atoms with Crippen molar-refractivity contribution in [1.29, 1.82) is 5.26 Å². The van der Waals surface area contributed by atoms with Crippen molar-refractivity contribution >= 4 is 39.1 Å². The molecule has 1 saturated carbocycles. The van der Waals surface area contributed by atoms with Crippen molar-refractivity contribution in [2.75, 3.05) is 30.0 Å². The zero-order chi connectivity index (χ0) is 24.6. The fraction of sp³-hybridized carbons (Fsp3) is 0.407. The number of morpholine rings is 1. The molecule has 0 amide bonds. The van der Waals surface area contributed by atoms with Crippen molar-refractivity contribution in [1.82, 2.24) is 19.7 Å². The van der Waals surface area contributed by atoms with Gasteiger partial charge in [0.05, 0.1) is 48.3 Å². The van der Waals surface area contributed by atoms with Crippen LogP contribution in [0.5, 0.6) is 0 Å². The number of rotatable bonds is 4. The summed E-state index contributed by atoms with van der Waals surface area (Å²) >= 11 is 0. The van der Waals surface area contributed by atoms with Gasteiger partial charge in [-0.05, 0) is 56.2 Å². The molecule has 3 atom stereocenters. The van der Waals surface area contributed by atoms with Crippen LogP contribution in [0.2, 0.25) is 0 Å². The van der Waals surface area contributed by atoms with Crippen molar-refractivity contribution in [3.8, 4) is 6.07 Å². The zero-order valence-electron chi connectivity index (χ0n) is 20.3. The van der Waals surface area contributed by atoms with Gasteiger partial charge in [-0.25, -0.2) is 4.98 Å². The van der Waals surface area contributed by atoms with Crippen LogP contribution in [0, 0.1) is 17.2 Å². The average molecular weight is 484 g/mol. The Labute approximate surface area is 208 Å². The fourth-order valence-corrected chi connectivity index (χ4v) is 5.55. The highest BCUT2D eigenvalue weighted by Crippen LogP contribution is 2.36. The maximum Gasteiger partial charge on any atom is 0.261 e. The van der Waals surface area contributed by atoms with Crippen molar-refractivity contribution < 1.29 is 4.74 Å². The van der Waals surface area contributed by atoms with Crippen LogP contribution >= 0.6 is 0 Å². The van der Waals surface area contributed by atoms with Crippen molar-refractivity contribution in [2.45, 2.75) is 44.7 Å². The summed E-state index contributed by atoms with van der Waals surface area (Å²) in [5.74, 6) is 1.35. The molecule has 1 aliphatic heterocycles. The highest BCUT2D eigenvalue weighted by atomic mass is 16.5. The predicted molar refractivity (Wildman–Crippen MR) is 140 cm³/mol. The minimum atomic E-state index is -0.197. The van der Waals surface area contributed by atoms with E-state index in [1.54, 1.807) is 6.20 Å². The van der Waals surface area contributed by atoms with Crippen LogP contribution < -0.4 is 15.8 Å². The number of aromatic amines is 1. The van der Waals surface area contributed by atoms with Gasteiger partial charge in [-0.2, -0.15) is 10.4 Å². The lowest BCUT2D eigenvalue weighted by molar-refractivity contribution is 0.0986. The highest BCUT2D eigenvalue weighted by molar-refractivity contribution is 5.92. The quantitative estimate of drug-likeness (QED) is 0.440. The Kier molecular flexibility index (Phi) is 5.82. The minimum Gasteiger partial charge on any atom is -0.377 e. The number of anilines is 3. The third-order valence-electron chi connectivity index (χ3n) is 7.44. The maximum atomic E-state index is 12.8. The minimum absolute atomic E-state index is 0.0367. The van der Waals surface area contributed by atoms with E-state index in [0.29, 0.717) is 24.4 Å². The van der Waals surface area contributed by atoms with Gasteiger partial charge in [0.15, 0.2) is 5.82 Å². The van der Waals surface area contributed by atoms with E-state index in [2.05, 4.69) is 34.3 Å². The molecule has 0 unspecified atom stereocenters. The number of nitrogens with one attached hydrogen (secondary N) is 2. The number of aromatic nitrogens is 4. The van der Waals surface area contributed by atoms with E-state index >= 15 is 0 Å². The van der Waals surface area contributed by atoms with Gasteiger partial charge in [0, 0.05) is 23.8 Å². The van der Waals surface area contributed by atoms with Crippen LogP contribution in [-0.2, 0) is 4.74 Å². The van der Waals surface area contributed by atoms with E-state index < -0.39 is 0 Å². The fourth-order valence-electron chi connectivity index (χ4n) is 5.55. The molecule has 1 aromatic carbocycles. The molecule has 1 saturated heterocycles. The molecule has 0 bridgehead atoms. The largest absolute Gasteiger partial charge is 0.377 e. The monoisotopic (exact) mass is 483 g/mol. The summed E-state index contributed by atoms with van der Waals surface area (Å²) in [6.07, 6.45) is 5.49. The normalized spacial score (nSPS) is 22.6. The van der Waals surface area contributed by atoms with Gasteiger partial charge in [-0.3, -0.25) is 9.48 Å². The van der Waals surface area contributed by atoms with E-state index in [1.807, 2.05) is 35.0 Å². The lowest BCUT2D eigenvalue weighted by atomic mass is 9.85. The van der Waals surface area contributed by atoms with Crippen LogP contribution in [-0.4, -0.2) is 45.5 Å². The number of fused-ring (bicyclic) bond motifs is 2. The third kappa shape index (κ3) is 3.97. The molecule has 3 aromatic heterocycles. The molecular formula is C27H29N7O2. The van der Waals surface area contributed by atoms with E-state index in [0.717, 1.165) is 60.2 Å². The second kappa shape index (κ2) is 9.28. The first kappa shape index (κ1) is 22.6. The van der Waals surface area contributed by atoms with Crippen molar-refractivity contribution in [3.05, 3.63) is 52.9 Å². The molecule has 0 radical (unpaired) electrons. The smallest absolute Gasteiger partial charge is 0.261 e. The van der Waals surface area contributed by atoms with Gasteiger partial charge in [-0.1, -0.05) is 12.8 Å². The first-order valence-electron chi connectivity index (χ1n) is 12.6. The van der Waals surface area contributed by atoms with Gasteiger partial charge in [-0.15, -0.1) is 0 Å². The van der Waals surface area contributed by atoms with Crippen LogP contribution in [0.1, 0.15) is 38.6 Å². The second-order valence-corrected chi connectivity index (χ2v) is 9.77. The van der Waals surface area contributed by atoms with Gasteiger partial charge >= 0.3 is 0 Å². The number of nitrogens with zero attached hydrogens (tertiary/aromatic N) is 5. The Morgan fingerprint density at radius 2 is 2.08 bits per heavy atom. The molecule has 6 rings (SSSR count). The second-order valence-electron chi connectivity index (χ2n) is 9.77. The summed E-state index contributed by atoms with van der Waals surface area (Å²) < 4.78 is 7.45. The number of benzene rings is 1. The molecule has 2 aliphatic rings. The number of hydrogen-bond acceptors (Lipinski definition) is 7. The molecule has 0 spiro atoms. The molecule has 9 heteroatoms. The molecule has 2 N–H and O–H groups in total. The summed E-state index contributed by atoms with van der Waals surface area (Å²) in [4.78, 5) is 22.8. The number of pyridine rings is 2. The first-order chi connectivity index (χ1) is 17.6. The zero-order valence-corrected chi connectivity index (χ0v) is 20.3. The Bertz CT molecular complexity index is 1520. The molecular weight excluding hydrogens is 454 g/mol. The standard InChI is InChI=1S/C27H29N7O2/c1-17-16-36-13-12-33(17)24-9-6-18-14-20(7-8-21(18)31-24)30-26-25-23(10-11-29-27(25)35)34(32-26)22-5-3-2-4-19(22)15-28/h6-11,14,17,19,22H,2-5,12-13,16H2,1H3,(H,29,35)(H,30,32)/t17-,19-,22+/m1/s1. The maximum absolute atomic E-state index is 12.8.